The maximum absolute atomic E-state index is 5.49. The van der Waals surface area contributed by atoms with E-state index in [0.717, 1.165) is 42.7 Å². The molecule has 0 N–H and O–H groups in total. The van der Waals surface area contributed by atoms with E-state index in [-0.39, 0.29) is 0 Å². The highest BCUT2D eigenvalue weighted by atomic mass is 32.2. The molecular formula is C17H21N3O2S. The third-order valence-electron chi connectivity index (χ3n) is 4.06. The van der Waals surface area contributed by atoms with Gasteiger partial charge in [-0.05, 0) is 12.3 Å². The summed E-state index contributed by atoms with van der Waals surface area (Å²) in [4.78, 5) is 11.4. The number of hydrogen-bond donors (Lipinski definition) is 0. The van der Waals surface area contributed by atoms with Crippen molar-refractivity contribution in [3.05, 3.63) is 41.2 Å². The van der Waals surface area contributed by atoms with Gasteiger partial charge in [0.15, 0.2) is 5.16 Å². The van der Waals surface area contributed by atoms with Gasteiger partial charge in [0.05, 0.1) is 19.9 Å². The lowest BCUT2D eigenvalue weighted by molar-refractivity contribution is 0.238. The van der Waals surface area contributed by atoms with Crippen molar-refractivity contribution in [2.45, 2.75) is 24.7 Å². The molecule has 2 aromatic rings. The van der Waals surface area contributed by atoms with Gasteiger partial charge in [0.25, 0.3) is 0 Å². The second kappa shape index (κ2) is 7.19. The van der Waals surface area contributed by atoms with Crippen LogP contribution >= 0.6 is 11.8 Å². The highest BCUT2D eigenvalue weighted by Crippen LogP contribution is 2.27. The summed E-state index contributed by atoms with van der Waals surface area (Å²) in [5.41, 5.74) is 3.57. The summed E-state index contributed by atoms with van der Waals surface area (Å²) in [6.07, 6.45) is 4.93. The minimum Gasteiger partial charge on any atom is -0.497 e. The van der Waals surface area contributed by atoms with Gasteiger partial charge in [0, 0.05) is 49.4 Å². The van der Waals surface area contributed by atoms with Crippen LogP contribution in [0.25, 0.3) is 0 Å². The van der Waals surface area contributed by atoms with Gasteiger partial charge < -0.3 is 9.47 Å². The number of aromatic nitrogens is 2. The normalized spacial score (nSPS) is 14.4. The van der Waals surface area contributed by atoms with Gasteiger partial charge in [-0.1, -0.05) is 17.8 Å². The number of rotatable bonds is 5. The van der Waals surface area contributed by atoms with Crippen molar-refractivity contribution in [3.63, 3.8) is 0 Å². The van der Waals surface area contributed by atoms with Gasteiger partial charge in [-0.3, -0.25) is 4.90 Å². The molecule has 0 radical (unpaired) electrons. The summed E-state index contributed by atoms with van der Waals surface area (Å²) in [6, 6.07) is 5.98. The number of benzene rings is 1. The molecule has 1 aromatic heterocycles. The van der Waals surface area contributed by atoms with Gasteiger partial charge in [-0.2, -0.15) is 0 Å². The fourth-order valence-corrected chi connectivity index (χ4v) is 3.17. The van der Waals surface area contributed by atoms with Crippen LogP contribution in [0.1, 0.15) is 16.8 Å². The number of fused-ring (bicyclic) bond motifs is 1. The van der Waals surface area contributed by atoms with Crippen LogP contribution in [-0.2, 0) is 19.5 Å². The molecule has 6 heteroatoms. The first-order valence-electron chi connectivity index (χ1n) is 7.55. The Balaban J connectivity index is 1.74. The van der Waals surface area contributed by atoms with E-state index >= 15 is 0 Å². The van der Waals surface area contributed by atoms with Gasteiger partial charge >= 0.3 is 0 Å². The first-order chi connectivity index (χ1) is 11.2. The van der Waals surface area contributed by atoms with Crippen LogP contribution in [0.15, 0.2) is 29.6 Å². The molecule has 0 unspecified atom stereocenters. The quantitative estimate of drug-likeness (QED) is 0.620. The molecule has 3 rings (SSSR count). The minimum absolute atomic E-state index is 0.813. The Kier molecular flexibility index (Phi) is 5.03. The van der Waals surface area contributed by atoms with Gasteiger partial charge in [0.1, 0.15) is 11.5 Å². The van der Waals surface area contributed by atoms with Crippen LogP contribution in [0.3, 0.4) is 0 Å². The lowest BCUT2D eigenvalue weighted by Gasteiger charge is -2.28. The van der Waals surface area contributed by atoms with Gasteiger partial charge in [-0.15, -0.1) is 0 Å². The molecule has 0 atom stereocenters. The third-order valence-corrected chi connectivity index (χ3v) is 4.62. The van der Waals surface area contributed by atoms with Crippen LogP contribution in [0.2, 0.25) is 0 Å². The van der Waals surface area contributed by atoms with E-state index in [9.17, 15) is 0 Å². The number of ether oxygens (including phenoxy) is 2. The topological polar surface area (TPSA) is 47.5 Å². The van der Waals surface area contributed by atoms with Crippen molar-refractivity contribution in [2.24, 2.45) is 0 Å². The minimum atomic E-state index is 0.813. The fraction of sp³-hybridized carbons (Fsp3) is 0.412. The summed E-state index contributed by atoms with van der Waals surface area (Å²) in [5.74, 6) is 1.68. The first-order valence-corrected chi connectivity index (χ1v) is 8.78. The lowest BCUT2D eigenvalue weighted by atomic mass is 10.1. The van der Waals surface area contributed by atoms with Crippen molar-refractivity contribution in [2.75, 3.05) is 27.0 Å². The lowest BCUT2D eigenvalue weighted by Crippen LogP contribution is -2.31. The number of thioether (sulfide) groups is 1. The van der Waals surface area contributed by atoms with Crippen LogP contribution in [-0.4, -0.2) is 41.9 Å². The van der Waals surface area contributed by atoms with E-state index in [1.807, 2.05) is 24.6 Å². The fourth-order valence-electron chi connectivity index (χ4n) is 2.81. The standard InChI is InChI=1S/C17H21N3O2S/c1-21-14-5-4-12(16(8-14)22-2)10-20-7-6-15-13(11-20)9-18-17(19-15)23-3/h4-5,8-9H,6-7,10-11H2,1-3H3. The largest absolute Gasteiger partial charge is 0.497 e. The van der Waals surface area contributed by atoms with Crippen LogP contribution in [0.4, 0.5) is 0 Å². The number of nitrogens with zero attached hydrogens (tertiary/aromatic N) is 3. The first kappa shape index (κ1) is 16.1. The van der Waals surface area contributed by atoms with E-state index in [4.69, 9.17) is 9.47 Å². The monoisotopic (exact) mass is 331 g/mol. The van der Waals surface area contributed by atoms with Gasteiger partial charge in [-0.25, -0.2) is 9.97 Å². The number of methoxy groups -OCH3 is 2. The van der Waals surface area contributed by atoms with Crippen LogP contribution in [0, 0.1) is 0 Å². The summed E-state index contributed by atoms with van der Waals surface area (Å²) in [6.45, 7) is 2.71. The zero-order valence-electron chi connectivity index (χ0n) is 13.7. The molecule has 0 amide bonds. The summed E-state index contributed by atoms with van der Waals surface area (Å²) in [5, 5.41) is 0.856. The molecule has 1 aliphatic rings. The molecule has 0 saturated heterocycles. The Bertz CT molecular complexity index is 694. The van der Waals surface area contributed by atoms with Crippen molar-refractivity contribution in [1.82, 2.24) is 14.9 Å². The Hall–Kier alpha value is -1.79. The molecule has 0 fully saturated rings. The predicted octanol–water partition coefficient (Wildman–Crippen LogP) is 2.77. The van der Waals surface area contributed by atoms with Crippen molar-refractivity contribution >= 4 is 11.8 Å². The van der Waals surface area contributed by atoms with Crippen molar-refractivity contribution < 1.29 is 9.47 Å². The van der Waals surface area contributed by atoms with E-state index < -0.39 is 0 Å². The molecule has 1 aromatic carbocycles. The molecule has 5 nitrogen and oxygen atoms in total. The molecule has 1 aliphatic heterocycles. The Morgan fingerprint density at radius 1 is 1.26 bits per heavy atom. The van der Waals surface area contributed by atoms with Gasteiger partial charge in [0.2, 0.25) is 0 Å². The van der Waals surface area contributed by atoms with E-state index in [1.165, 1.54) is 16.8 Å². The maximum Gasteiger partial charge on any atom is 0.187 e. The second-order valence-electron chi connectivity index (χ2n) is 5.47. The second-order valence-corrected chi connectivity index (χ2v) is 6.24. The average Bonchev–Trinajstić information content (AvgIpc) is 2.61. The molecule has 0 spiro atoms. The highest BCUT2D eigenvalue weighted by molar-refractivity contribution is 7.98. The molecule has 2 heterocycles. The van der Waals surface area contributed by atoms with E-state index in [2.05, 4.69) is 20.9 Å². The molecule has 0 saturated carbocycles. The summed E-state index contributed by atoms with van der Waals surface area (Å²) in [7, 11) is 3.36. The average molecular weight is 331 g/mol. The molecule has 0 aliphatic carbocycles. The van der Waals surface area contributed by atoms with E-state index in [0.29, 0.717) is 0 Å². The highest BCUT2D eigenvalue weighted by Gasteiger charge is 2.19. The zero-order valence-corrected chi connectivity index (χ0v) is 14.5. The van der Waals surface area contributed by atoms with Crippen LogP contribution in [0.5, 0.6) is 11.5 Å². The molecule has 122 valence electrons. The Labute approximate surface area is 141 Å². The zero-order chi connectivity index (χ0) is 16.2. The third kappa shape index (κ3) is 3.59. The maximum atomic E-state index is 5.49. The molecular weight excluding hydrogens is 310 g/mol. The Morgan fingerprint density at radius 2 is 2.13 bits per heavy atom. The Morgan fingerprint density at radius 3 is 2.87 bits per heavy atom. The van der Waals surface area contributed by atoms with Crippen molar-refractivity contribution in [1.29, 1.82) is 0 Å². The van der Waals surface area contributed by atoms with E-state index in [1.54, 1.807) is 26.0 Å². The smallest absolute Gasteiger partial charge is 0.187 e. The number of hydrogen-bond acceptors (Lipinski definition) is 6. The summed E-state index contributed by atoms with van der Waals surface area (Å²) < 4.78 is 10.8. The molecule has 0 bridgehead atoms. The van der Waals surface area contributed by atoms with Crippen molar-refractivity contribution in [3.8, 4) is 11.5 Å². The SMILES string of the molecule is COc1ccc(CN2CCc3nc(SC)ncc3C2)c(OC)c1. The summed E-state index contributed by atoms with van der Waals surface area (Å²) >= 11 is 1.59. The van der Waals surface area contributed by atoms with Crippen LogP contribution < -0.4 is 9.47 Å². The molecule has 23 heavy (non-hydrogen) atoms. The predicted molar refractivity (Wildman–Crippen MR) is 91.2 cm³/mol.